The normalized spacial score (nSPS) is 17.7. The van der Waals surface area contributed by atoms with Crippen LogP contribution in [0.4, 0.5) is 5.69 Å². The SMILES string of the molecule is Cc1ccc(NC2CCSCC2)c(Br)c1. The quantitative estimate of drug-likeness (QED) is 0.879. The van der Waals surface area contributed by atoms with Crippen LogP contribution in [0.25, 0.3) is 0 Å². The van der Waals surface area contributed by atoms with Crippen molar-refractivity contribution in [3.63, 3.8) is 0 Å². The summed E-state index contributed by atoms with van der Waals surface area (Å²) in [4.78, 5) is 0. The smallest absolute Gasteiger partial charge is 0.0486 e. The molecule has 2 rings (SSSR count). The monoisotopic (exact) mass is 285 g/mol. The van der Waals surface area contributed by atoms with Crippen molar-refractivity contribution in [1.82, 2.24) is 0 Å². The molecule has 0 aliphatic carbocycles. The lowest BCUT2D eigenvalue weighted by Gasteiger charge is -2.24. The zero-order chi connectivity index (χ0) is 10.7. The maximum atomic E-state index is 3.62. The molecule has 0 atom stereocenters. The number of halogens is 1. The molecule has 3 heteroatoms. The van der Waals surface area contributed by atoms with E-state index in [2.05, 4.69) is 58.1 Å². The van der Waals surface area contributed by atoms with Gasteiger partial charge < -0.3 is 5.32 Å². The van der Waals surface area contributed by atoms with Crippen LogP contribution in [-0.4, -0.2) is 17.5 Å². The van der Waals surface area contributed by atoms with Gasteiger partial charge in [-0.2, -0.15) is 11.8 Å². The average Bonchev–Trinajstić information content (AvgIpc) is 2.24. The van der Waals surface area contributed by atoms with Gasteiger partial charge in [-0.05, 0) is 64.9 Å². The van der Waals surface area contributed by atoms with Crippen LogP contribution in [0.15, 0.2) is 22.7 Å². The number of aryl methyl sites for hydroxylation is 1. The summed E-state index contributed by atoms with van der Waals surface area (Å²) < 4.78 is 1.18. The lowest BCUT2D eigenvalue weighted by atomic mass is 10.1. The van der Waals surface area contributed by atoms with Crippen LogP contribution >= 0.6 is 27.7 Å². The molecule has 1 fully saturated rings. The molecule has 0 spiro atoms. The van der Waals surface area contributed by atoms with Gasteiger partial charge in [0.2, 0.25) is 0 Å². The molecule has 0 unspecified atom stereocenters. The van der Waals surface area contributed by atoms with Crippen LogP contribution in [-0.2, 0) is 0 Å². The maximum Gasteiger partial charge on any atom is 0.0486 e. The van der Waals surface area contributed by atoms with Gasteiger partial charge in [0.05, 0.1) is 0 Å². The van der Waals surface area contributed by atoms with E-state index in [-0.39, 0.29) is 0 Å². The first-order valence-corrected chi connectivity index (χ1v) is 7.31. The molecule has 1 aromatic carbocycles. The van der Waals surface area contributed by atoms with Crippen molar-refractivity contribution in [2.75, 3.05) is 16.8 Å². The Morgan fingerprint density at radius 1 is 1.33 bits per heavy atom. The molecule has 0 radical (unpaired) electrons. The summed E-state index contributed by atoms with van der Waals surface area (Å²) in [6, 6.07) is 7.15. The fraction of sp³-hybridized carbons (Fsp3) is 0.500. The first-order chi connectivity index (χ1) is 7.25. The van der Waals surface area contributed by atoms with Gasteiger partial charge in [0.1, 0.15) is 0 Å². The standard InChI is InChI=1S/C12H16BrNS/c1-9-2-3-12(11(13)8-9)14-10-4-6-15-7-5-10/h2-3,8,10,14H,4-7H2,1H3. The number of rotatable bonds is 2. The van der Waals surface area contributed by atoms with E-state index in [0.29, 0.717) is 6.04 Å². The summed E-state index contributed by atoms with van der Waals surface area (Å²) in [7, 11) is 0. The van der Waals surface area contributed by atoms with E-state index >= 15 is 0 Å². The molecule has 0 aromatic heterocycles. The highest BCUT2D eigenvalue weighted by molar-refractivity contribution is 9.10. The van der Waals surface area contributed by atoms with Crippen LogP contribution in [0, 0.1) is 6.92 Å². The summed E-state index contributed by atoms with van der Waals surface area (Å²) in [5.74, 6) is 2.59. The van der Waals surface area contributed by atoms with Gasteiger partial charge >= 0.3 is 0 Å². The lowest BCUT2D eigenvalue weighted by molar-refractivity contribution is 0.666. The van der Waals surface area contributed by atoms with Crippen molar-refractivity contribution in [2.24, 2.45) is 0 Å². The third-order valence-electron chi connectivity index (χ3n) is 2.71. The first kappa shape index (κ1) is 11.3. The van der Waals surface area contributed by atoms with Crippen molar-refractivity contribution in [3.8, 4) is 0 Å². The number of hydrogen-bond donors (Lipinski definition) is 1. The Balaban J connectivity index is 2.03. The van der Waals surface area contributed by atoms with Crippen molar-refractivity contribution < 1.29 is 0 Å². The zero-order valence-corrected chi connectivity index (χ0v) is 11.3. The Hall–Kier alpha value is -0.150. The van der Waals surface area contributed by atoms with Gasteiger partial charge in [0, 0.05) is 16.2 Å². The van der Waals surface area contributed by atoms with E-state index in [4.69, 9.17) is 0 Å². The maximum absolute atomic E-state index is 3.62. The summed E-state index contributed by atoms with van der Waals surface area (Å²) in [6.45, 7) is 2.12. The molecule has 0 amide bonds. The fourth-order valence-electron chi connectivity index (χ4n) is 1.80. The highest BCUT2D eigenvalue weighted by Gasteiger charge is 2.13. The van der Waals surface area contributed by atoms with E-state index in [0.717, 1.165) is 0 Å². The van der Waals surface area contributed by atoms with E-state index in [1.165, 1.54) is 40.1 Å². The van der Waals surface area contributed by atoms with E-state index in [9.17, 15) is 0 Å². The number of hydrogen-bond acceptors (Lipinski definition) is 2. The molecular weight excluding hydrogens is 270 g/mol. The third-order valence-corrected chi connectivity index (χ3v) is 4.41. The number of thioether (sulfide) groups is 1. The van der Waals surface area contributed by atoms with Crippen LogP contribution in [0.2, 0.25) is 0 Å². The Bertz CT molecular complexity index is 334. The highest BCUT2D eigenvalue weighted by Crippen LogP contribution is 2.27. The second-order valence-electron chi connectivity index (χ2n) is 4.01. The van der Waals surface area contributed by atoms with Gasteiger partial charge in [-0.25, -0.2) is 0 Å². The number of anilines is 1. The van der Waals surface area contributed by atoms with Crippen LogP contribution < -0.4 is 5.32 Å². The van der Waals surface area contributed by atoms with Crippen LogP contribution in [0.5, 0.6) is 0 Å². The highest BCUT2D eigenvalue weighted by atomic mass is 79.9. The summed E-state index contributed by atoms with van der Waals surface area (Å²) >= 11 is 5.67. The minimum Gasteiger partial charge on any atom is -0.381 e. The molecule has 15 heavy (non-hydrogen) atoms. The first-order valence-electron chi connectivity index (χ1n) is 5.36. The van der Waals surface area contributed by atoms with E-state index < -0.39 is 0 Å². The molecule has 1 aliphatic heterocycles. The fourth-order valence-corrected chi connectivity index (χ4v) is 3.51. The van der Waals surface area contributed by atoms with Crippen LogP contribution in [0.1, 0.15) is 18.4 Å². The third kappa shape index (κ3) is 3.15. The summed E-state index contributed by atoms with van der Waals surface area (Å²) in [5.41, 5.74) is 2.53. The summed E-state index contributed by atoms with van der Waals surface area (Å²) in [6.07, 6.45) is 2.57. The molecule has 1 N–H and O–H groups in total. The molecule has 0 saturated carbocycles. The van der Waals surface area contributed by atoms with Crippen molar-refractivity contribution in [3.05, 3.63) is 28.2 Å². The Kier molecular flexibility index (Phi) is 3.98. The van der Waals surface area contributed by atoms with Gasteiger partial charge in [-0.1, -0.05) is 6.07 Å². The van der Waals surface area contributed by atoms with Gasteiger partial charge in [0.25, 0.3) is 0 Å². The second kappa shape index (κ2) is 5.26. The Morgan fingerprint density at radius 2 is 2.07 bits per heavy atom. The largest absolute Gasteiger partial charge is 0.381 e. The Morgan fingerprint density at radius 3 is 2.73 bits per heavy atom. The second-order valence-corrected chi connectivity index (χ2v) is 6.09. The molecule has 0 bridgehead atoms. The van der Waals surface area contributed by atoms with E-state index in [1.807, 2.05) is 0 Å². The molecule has 1 aliphatic rings. The predicted molar refractivity (Wildman–Crippen MR) is 72.8 cm³/mol. The van der Waals surface area contributed by atoms with Crippen molar-refractivity contribution >= 4 is 33.4 Å². The minimum atomic E-state index is 0.658. The average molecular weight is 286 g/mol. The minimum absolute atomic E-state index is 0.658. The number of benzene rings is 1. The molecule has 1 saturated heterocycles. The Labute approximate surface area is 104 Å². The topological polar surface area (TPSA) is 12.0 Å². The molecule has 1 heterocycles. The van der Waals surface area contributed by atoms with Crippen LogP contribution in [0.3, 0.4) is 0 Å². The number of nitrogens with one attached hydrogen (secondary N) is 1. The molecule has 82 valence electrons. The molecule has 1 aromatic rings. The lowest BCUT2D eigenvalue weighted by Crippen LogP contribution is -2.24. The van der Waals surface area contributed by atoms with Gasteiger partial charge in [-0.15, -0.1) is 0 Å². The molecule has 1 nitrogen and oxygen atoms in total. The predicted octanol–water partition coefficient (Wildman–Crippen LogP) is 4.07. The van der Waals surface area contributed by atoms with Gasteiger partial charge in [-0.3, -0.25) is 0 Å². The zero-order valence-electron chi connectivity index (χ0n) is 8.92. The van der Waals surface area contributed by atoms with Gasteiger partial charge in [0.15, 0.2) is 0 Å². The van der Waals surface area contributed by atoms with E-state index in [1.54, 1.807) is 0 Å². The van der Waals surface area contributed by atoms with Crippen molar-refractivity contribution in [2.45, 2.75) is 25.8 Å². The summed E-state index contributed by atoms with van der Waals surface area (Å²) in [5, 5.41) is 3.62. The molecular formula is C12H16BrNS. The van der Waals surface area contributed by atoms with Crippen molar-refractivity contribution in [1.29, 1.82) is 0 Å².